The average Bonchev–Trinajstić information content (AvgIpc) is 2.86. The van der Waals surface area contributed by atoms with Crippen LogP contribution in [0.2, 0.25) is 5.15 Å². The molecule has 0 radical (unpaired) electrons. The molecule has 1 heterocycles. The Labute approximate surface area is 214 Å². The second-order valence-corrected chi connectivity index (χ2v) is 10.0. The summed E-state index contributed by atoms with van der Waals surface area (Å²) in [5.41, 5.74) is 3.15. The summed E-state index contributed by atoms with van der Waals surface area (Å²) in [5, 5.41) is 2.78. The first-order valence-corrected chi connectivity index (χ1v) is 13.2. The van der Waals surface area contributed by atoms with Gasteiger partial charge >= 0.3 is 0 Å². The fourth-order valence-electron chi connectivity index (χ4n) is 3.34. The van der Waals surface area contributed by atoms with Crippen LogP contribution >= 0.6 is 11.6 Å². The van der Waals surface area contributed by atoms with E-state index in [-0.39, 0.29) is 16.9 Å². The predicted octanol–water partition coefficient (Wildman–Crippen LogP) is 5.04. The first kappa shape index (κ1) is 25.2. The molecule has 0 aliphatic carbocycles. The molecule has 3 aromatic carbocycles. The summed E-state index contributed by atoms with van der Waals surface area (Å²) >= 11 is 5.96. The van der Waals surface area contributed by atoms with Gasteiger partial charge in [0.1, 0.15) is 5.75 Å². The number of carbonyl (C=O) groups excluding carboxylic acids is 1. The van der Waals surface area contributed by atoms with Gasteiger partial charge in [0.25, 0.3) is 5.91 Å². The smallest absolute Gasteiger partial charge is 0.255 e. The highest BCUT2D eigenvalue weighted by Gasteiger charge is 2.13. The number of anilines is 2. The van der Waals surface area contributed by atoms with Crippen LogP contribution in [-0.4, -0.2) is 37.2 Å². The van der Waals surface area contributed by atoms with E-state index in [0.29, 0.717) is 34.9 Å². The zero-order valence-corrected chi connectivity index (χ0v) is 20.9. The van der Waals surface area contributed by atoms with E-state index < -0.39 is 10.0 Å². The summed E-state index contributed by atoms with van der Waals surface area (Å²) in [6.45, 7) is 0.553. The van der Waals surface area contributed by atoms with Crippen molar-refractivity contribution in [1.29, 1.82) is 0 Å². The Morgan fingerprint density at radius 1 is 1.00 bits per heavy atom. The molecular formula is C26H23ClN4O4S. The fourth-order valence-corrected chi connectivity index (χ4v) is 4.03. The lowest BCUT2D eigenvalue weighted by atomic mass is 10.1. The van der Waals surface area contributed by atoms with Crippen LogP contribution < -0.4 is 14.8 Å². The Hall–Kier alpha value is -3.95. The van der Waals surface area contributed by atoms with Crippen molar-refractivity contribution in [2.75, 3.05) is 22.9 Å². The van der Waals surface area contributed by atoms with Crippen LogP contribution in [0.25, 0.3) is 11.3 Å². The number of nitrogens with zero attached hydrogens (tertiary/aromatic N) is 2. The van der Waals surface area contributed by atoms with Crippen molar-refractivity contribution in [3.05, 3.63) is 101 Å². The summed E-state index contributed by atoms with van der Waals surface area (Å²) in [5.74, 6) is 0.314. The Kier molecular flexibility index (Phi) is 7.82. The number of rotatable bonds is 9. The van der Waals surface area contributed by atoms with Crippen molar-refractivity contribution in [3.63, 3.8) is 0 Å². The number of sulfonamides is 1. The van der Waals surface area contributed by atoms with Crippen LogP contribution in [0.4, 0.5) is 11.5 Å². The Bertz CT molecular complexity index is 1460. The zero-order chi connectivity index (χ0) is 25.5. The third kappa shape index (κ3) is 7.03. The van der Waals surface area contributed by atoms with Crippen molar-refractivity contribution < 1.29 is 17.9 Å². The standard InChI is InChI=1S/C26H23ClN4O4S/c1-36(33,34)31-25-24(27)28-17-23(30-25)19-8-5-9-20(16-19)26(32)29-21-10-12-22(13-11-21)35-15-14-18-6-3-2-4-7-18/h2-13,16-17H,14-15H2,1H3,(H,29,32)(H,30,31). The number of amides is 1. The third-order valence-electron chi connectivity index (χ3n) is 5.04. The van der Waals surface area contributed by atoms with Gasteiger partial charge in [-0.1, -0.05) is 54.1 Å². The van der Waals surface area contributed by atoms with E-state index in [2.05, 4.69) is 32.1 Å². The first-order valence-electron chi connectivity index (χ1n) is 11.0. The van der Waals surface area contributed by atoms with Crippen LogP contribution in [-0.2, 0) is 16.4 Å². The first-order chi connectivity index (χ1) is 17.3. The highest BCUT2D eigenvalue weighted by atomic mass is 35.5. The number of halogens is 1. The minimum Gasteiger partial charge on any atom is -0.493 e. The van der Waals surface area contributed by atoms with Crippen molar-refractivity contribution in [3.8, 4) is 17.0 Å². The van der Waals surface area contributed by atoms with Crippen molar-refractivity contribution >= 4 is 39.0 Å². The van der Waals surface area contributed by atoms with E-state index in [9.17, 15) is 13.2 Å². The number of hydrogen-bond donors (Lipinski definition) is 2. The minimum absolute atomic E-state index is 0.0782. The number of ether oxygens (including phenoxy) is 1. The molecule has 0 atom stereocenters. The lowest BCUT2D eigenvalue weighted by molar-refractivity contribution is 0.102. The van der Waals surface area contributed by atoms with Crippen LogP contribution in [0.3, 0.4) is 0 Å². The van der Waals surface area contributed by atoms with Gasteiger partial charge in [0.2, 0.25) is 10.0 Å². The molecule has 10 heteroatoms. The molecule has 8 nitrogen and oxygen atoms in total. The molecule has 0 bridgehead atoms. The van der Waals surface area contributed by atoms with Gasteiger partial charge in [-0.15, -0.1) is 0 Å². The molecule has 4 rings (SSSR count). The van der Waals surface area contributed by atoms with E-state index >= 15 is 0 Å². The largest absolute Gasteiger partial charge is 0.493 e. The second kappa shape index (κ2) is 11.2. The van der Waals surface area contributed by atoms with Crippen LogP contribution in [0.1, 0.15) is 15.9 Å². The molecule has 0 aliphatic rings. The van der Waals surface area contributed by atoms with E-state index in [1.165, 1.54) is 11.8 Å². The summed E-state index contributed by atoms with van der Waals surface area (Å²) < 4.78 is 31.1. The van der Waals surface area contributed by atoms with Crippen LogP contribution in [0, 0.1) is 0 Å². The van der Waals surface area contributed by atoms with Gasteiger partial charge in [-0.05, 0) is 42.0 Å². The SMILES string of the molecule is CS(=O)(=O)Nc1nc(-c2cccc(C(=O)Nc3ccc(OCCc4ccccc4)cc3)c2)cnc1Cl. The molecule has 0 fully saturated rings. The van der Waals surface area contributed by atoms with E-state index in [1.54, 1.807) is 48.5 Å². The van der Waals surface area contributed by atoms with Gasteiger partial charge in [0.15, 0.2) is 11.0 Å². The van der Waals surface area contributed by atoms with E-state index in [4.69, 9.17) is 16.3 Å². The molecule has 0 spiro atoms. The van der Waals surface area contributed by atoms with E-state index in [0.717, 1.165) is 12.7 Å². The van der Waals surface area contributed by atoms with Gasteiger partial charge < -0.3 is 10.1 Å². The number of carbonyl (C=O) groups is 1. The van der Waals surface area contributed by atoms with Gasteiger partial charge in [-0.25, -0.2) is 18.4 Å². The lowest BCUT2D eigenvalue weighted by Crippen LogP contribution is -2.13. The number of benzene rings is 3. The predicted molar refractivity (Wildman–Crippen MR) is 141 cm³/mol. The quantitative estimate of drug-likeness (QED) is 0.318. The summed E-state index contributed by atoms with van der Waals surface area (Å²) in [4.78, 5) is 21.1. The number of aromatic nitrogens is 2. The van der Waals surface area contributed by atoms with Gasteiger partial charge in [0.05, 0.1) is 24.8 Å². The zero-order valence-electron chi connectivity index (χ0n) is 19.3. The minimum atomic E-state index is -3.59. The van der Waals surface area contributed by atoms with Crippen molar-refractivity contribution in [2.45, 2.75) is 6.42 Å². The highest BCUT2D eigenvalue weighted by Crippen LogP contribution is 2.24. The Balaban J connectivity index is 1.40. The van der Waals surface area contributed by atoms with Crippen molar-refractivity contribution in [2.24, 2.45) is 0 Å². The maximum atomic E-state index is 12.8. The normalized spacial score (nSPS) is 11.1. The lowest BCUT2D eigenvalue weighted by Gasteiger charge is -2.10. The molecule has 0 aliphatic heterocycles. The van der Waals surface area contributed by atoms with Gasteiger partial charge in [-0.2, -0.15) is 0 Å². The topological polar surface area (TPSA) is 110 Å². The maximum Gasteiger partial charge on any atom is 0.255 e. The molecule has 2 N–H and O–H groups in total. The number of hydrogen-bond acceptors (Lipinski definition) is 6. The fraction of sp³-hybridized carbons (Fsp3) is 0.115. The molecule has 1 amide bonds. The molecular weight excluding hydrogens is 500 g/mol. The third-order valence-corrected chi connectivity index (χ3v) is 5.89. The second-order valence-electron chi connectivity index (χ2n) is 7.91. The molecule has 1 aromatic heterocycles. The highest BCUT2D eigenvalue weighted by molar-refractivity contribution is 7.92. The van der Waals surface area contributed by atoms with Crippen LogP contribution in [0.5, 0.6) is 5.75 Å². The molecule has 36 heavy (non-hydrogen) atoms. The molecule has 0 unspecified atom stereocenters. The molecule has 0 saturated heterocycles. The van der Waals surface area contributed by atoms with Gasteiger partial charge in [0, 0.05) is 23.2 Å². The summed E-state index contributed by atoms with van der Waals surface area (Å²) in [6.07, 6.45) is 3.20. The molecule has 4 aromatic rings. The Morgan fingerprint density at radius 2 is 1.75 bits per heavy atom. The van der Waals surface area contributed by atoms with Gasteiger partial charge in [-0.3, -0.25) is 9.52 Å². The average molecular weight is 523 g/mol. The van der Waals surface area contributed by atoms with Crippen LogP contribution in [0.15, 0.2) is 85.1 Å². The Morgan fingerprint density at radius 3 is 2.47 bits per heavy atom. The van der Waals surface area contributed by atoms with E-state index in [1.807, 2.05) is 18.2 Å². The molecule has 184 valence electrons. The summed E-state index contributed by atoms with van der Waals surface area (Å²) in [7, 11) is -3.59. The maximum absolute atomic E-state index is 12.8. The monoisotopic (exact) mass is 522 g/mol. The molecule has 0 saturated carbocycles. The number of nitrogens with one attached hydrogen (secondary N) is 2. The summed E-state index contributed by atoms with van der Waals surface area (Å²) in [6, 6.07) is 24.0. The van der Waals surface area contributed by atoms with Crippen molar-refractivity contribution in [1.82, 2.24) is 9.97 Å².